The second-order valence-electron chi connectivity index (χ2n) is 3.89. The molecular weight excluding hydrogens is 248 g/mol. The van der Waals surface area contributed by atoms with Gasteiger partial charge in [0.2, 0.25) is 5.91 Å². The second-order valence-corrected chi connectivity index (χ2v) is 3.89. The van der Waals surface area contributed by atoms with Crippen LogP contribution in [-0.4, -0.2) is 46.5 Å². The van der Waals surface area contributed by atoms with Crippen LogP contribution in [0, 0.1) is 0 Å². The van der Waals surface area contributed by atoms with Gasteiger partial charge in [0, 0.05) is 13.1 Å². The number of hydrogen-bond donors (Lipinski definition) is 3. The lowest BCUT2D eigenvalue weighted by Gasteiger charge is -2.19. The number of carboxylic acids is 1. The Morgan fingerprint density at radius 1 is 1.42 bits per heavy atom. The standard InChI is InChI=1S/C12H18N4O3/c1-3-16(4-2)10(17)7-15-11-9(12(18)19)5-8(13)6-14-11/h5-6H,3-4,7,13H2,1-2H3,(H,14,15)(H,18,19). The molecule has 0 saturated heterocycles. The van der Waals surface area contributed by atoms with E-state index in [0.29, 0.717) is 13.1 Å². The molecule has 0 fully saturated rings. The van der Waals surface area contributed by atoms with Crippen molar-refractivity contribution in [3.63, 3.8) is 0 Å². The van der Waals surface area contributed by atoms with Gasteiger partial charge in [0.1, 0.15) is 11.4 Å². The number of pyridine rings is 1. The van der Waals surface area contributed by atoms with E-state index in [0.717, 1.165) is 0 Å². The molecule has 1 amide bonds. The number of aromatic nitrogens is 1. The van der Waals surface area contributed by atoms with Gasteiger partial charge in [-0.3, -0.25) is 4.79 Å². The van der Waals surface area contributed by atoms with Crippen molar-refractivity contribution in [2.75, 3.05) is 30.7 Å². The average Bonchev–Trinajstić information content (AvgIpc) is 2.38. The molecule has 0 saturated carbocycles. The number of anilines is 2. The van der Waals surface area contributed by atoms with Crippen LogP contribution in [-0.2, 0) is 4.79 Å². The van der Waals surface area contributed by atoms with Crippen molar-refractivity contribution < 1.29 is 14.7 Å². The van der Waals surface area contributed by atoms with Crippen molar-refractivity contribution in [3.8, 4) is 0 Å². The summed E-state index contributed by atoms with van der Waals surface area (Å²) in [6.07, 6.45) is 1.34. The molecule has 7 heteroatoms. The first kappa shape index (κ1) is 14.7. The summed E-state index contributed by atoms with van der Waals surface area (Å²) < 4.78 is 0. The number of rotatable bonds is 6. The number of nitrogen functional groups attached to an aromatic ring is 1. The lowest BCUT2D eigenvalue weighted by atomic mass is 10.2. The van der Waals surface area contributed by atoms with Crippen molar-refractivity contribution in [2.24, 2.45) is 0 Å². The largest absolute Gasteiger partial charge is 0.478 e. The van der Waals surface area contributed by atoms with E-state index >= 15 is 0 Å². The van der Waals surface area contributed by atoms with E-state index in [2.05, 4.69) is 10.3 Å². The zero-order valence-electron chi connectivity index (χ0n) is 11.0. The van der Waals surface area contributed by atoms with Crippen LogP contribution in [0.25, 0.3) is 0 Å². The molecule has 7 nitrogen and oxygen atoms in total. The maximum absolute atomic E-state index is 11.8. The maximum atomic E-state index is 11.8. The van der Waals surface area contributed by atoms with E-state index in [-0.39, 0.29) is 29.5 Å². The molecule has 1 aromatic rings. The molecule has 1 heterocycles. The van der Waals surface area contributed by atoms with Gasteiger partial charge in [0.05, 0.1) is 18.4 Å². The molecule has 104 valence electrons. The van der Waals surface area contributed by atoms with Gasteiger partial charge in [-0.05, 0) is 19.9 Å². The highest BCUT2D eigenvalue weighted by molar-refractivity contribution is 5.94. The highest BCUT2D eigenvalue weighted by Gasteiger charge is 2.14. The minimum absolute atomic E-state index is 0.00111. The van der Waals surface area contributed by atoms with Crippen LogP contribution < -0.4 is 11.1 Å². The summed E-state index contributed by atoms with van der Waals surface area (Å²) in [7, 11) is 0. The fraction of sp³-hybridized carbons (Fsp3) is 0.417. The molecule has 0 aliphatic carbocycles. The Labute approximate surface area is 111 Å². The Morgan fingerprint density at radius 3 is 2.58 bits per heavy atom. The number of aromatic carboxylic acids is 1. The van der Waals surface area contributed by atoms with Crippen molar-refractivity contribution in [3.05, 3.63) is 17.8 Å². The highest BCUT2D eigenvalue weighted by Crippen LogP contribution is 2.15. The molecule has 4 N–H and O–H groups in total. The fourth-order valence-corrected chi connectivity index (χ4v) is 1.63. The molecule has 0 aliphatic rings. The van der Waals surface area contributed by atoms with E-state index in [4.69, 9.17) is 10.8 Å². The predicted octanol–water partition coefficient (Wildman–Crippen LogP) is 0.642. The molecule has 0 aromatic carbocycles. The van der Waals surface area contributed by atoms with Crippen LogP contribution in [0.15, 0.2) is 12.3 Å². The normalized spacial score (nSPS) is 10.0. The molecule has 0 bridgehead atoms. The van der Waals surface area contributed by atoms with E-state index in [1.165, 1.54) is 12.3 Å². The second kappa shape index (κ2) is 6.58. The minimum atomic E-state index is -1.14. The summed E-state index contributed by atoms with van der Waals surface area (Å²) in [6.45, 7) is 4.98. The van der Waals surface area contributed by atoms with Crippen molar-refractivity contribution in [1.82, 2.24) is 9.88 Å². The lowest BCUT2D eigenvalue weighted by molar-refractivity contribution is -0.128. The topological polar surface area (TPSA) is 109 Å². The van der Waals surface area contributed by atoms with E-state index in [1.807, 2.05) is 13.8 Å². The number of likely N-dealkylation sites (N-methyl/N-ethyl adjacent to an activating group) is 1. The van der Waals surface area contributed by atoms with Crippen molar-refractivity contribution in [1.29, 1.82) is 0 Å². The van der Waals surface area contributed by atoms with Gasteiger partial charge < -0.3 is 21.1 Å². The van der Waals surface area contributed by atoms with E-state index in [1.54, 1.807) is 4.90 Å². The molecule has 0 unspecified atom stereocenters. The zero-order chi connectivity index (χ0) is 14.4. The minimum Gasteiger partial charge on any atom is -0.478 e. The first-order chi connectivity index (χ1) is 8.99. The Bertz CT molecular complexity index is 472. The number of carbonyl (C=O) groups is 2. The third kappa shape index (κ3) is 3.84. The van der Waals surface area contributed by atoms with Crippen LogP contribution in [0.3, 0.4) is 0 Å². The Morgan fingerprint density at radius 2 is 2.05 bits per heavy atom. The third-order valence-electron chi connectivity index (χ3n) is 2.66. The van der Waals surface area contributed by atoms with Crippen molar-refractivity contribution >= 4 is 23.4 Å². The highest BCUT2D eigenvalue weighted by atomic mass is 16.4. The van der Waals surface area contributed by atoms with Gasteiger partial charge in [-0.25, -0.2) is 9.78 Å². The van der Waals surface area contributed by atoms with Gasteiger partial charge in [-0.2, -0.15) is 0 Å². The van der Waals surface area contributed by atoms with Gasteiger partial charge in [-0.1, -0.05) is 0 Å². The summed E-state index contributed by atoms with van der Waals surface area (Å²) >= 11 is 0. The summed E-state index contributed by atoms with van der Waals surface area (Å²) in [5.74, 6) is -1.11. The molecule has 0 aliphatic heterocycles. The molecule has 0 radical (unpaired) electrons. The number of carbonyl (C=O) groups excluding carboxylic acids is 1. The summed E-state index contributed by atoms with van der Waals surface area (Å²) in [4.78, 5) is 28.4. The SMILES string of the molecule is CCN(CC)C(=O)CNc1ncc(N)cc1C(=O)O. The quantitative estimate of drug-likeness (QED) is 0.697. The smallest absolute Gasteiger partial charge is 0.339 e. The van der Waals surface area contributed by atoms with Crippen LogP contribution >= 0.6 is 0 Å². The van der Waals surface area contributed by atoms with Gasteiger partial charge in [0.15, 0.2) is 0 Å². The van der Waals surface area contributed by atoms with Crippen LogP contribution in [0.5, 0.6) is 0 Å². The number of nitrogens with zero attached hydrogens (tertiary/aromatic N) is 2. The van der Waals surface area contributed by atoms with Gasteiger partial charge in [-0.15, -0.1) is 0 Å². The van der Waals surface area contributed by atoms with Crippen LogP contribution in [0.1, 0.15) is 24.2 Å². The number of carboxylic acid groups (broad SMARTS) is 1. The molecule has 1 aromatic heterocycles. The molecule has 19 heavy (non-hydrogen) atoms. The maximum Gasteiger partial charge on any atom is 0.339 e. The monoisotopic (exact) mass is 266 g/mol. The summed E-state index contributed by atoms with van der Waals surface area (Å²) in [5.41, 5.74) is 5.70. The molecule has 0 spiro atoms. The lowest BCUT2D eigenvalue weighted by Crippen LogP contribution is -2.35. The molecule has 0 atom stereocenters. The number of amides is 1. The number of hydrogen-bond acceptors (Lipinski definition) is 5. The third-order valence-corrected chi connectivity index (χ3v) is 2.66. The Kier molecular flexibility index (Phi) is 5.11. The van der Waals surface area contributed by atoms with Crippen LogP contribution in [0.4, 0.5) is 11.5 Å². The molecule has 1 rings (SSSR count). The zero-order valence-corrected chi connectivity index (χ0v) is 11.0. The van der Waals surface area contributed by atoms with Gasteiger partial charge in [0.25, 0.3) is 0 Å². The first-order valence-electron chi connectivity index (χ1n) is 6.00. The van der Waals surface area contributed by atoms with Gasteiger partial charge >= 0.3 is 5.97 Å². The first-order valence-corrected chi connectivity index (χ1v) is 6.00. The average molecular weight is 266 g/mol. The van der Waals surface area contributed by atoms with E-state index in [9.17, 15) is 9.59 Å². The molecular formula is C12H18N4O3. The van der Waals surface area contributed by atoms with Crippen LogP contribution in [0.2, 0.25) is 0 Å². The fourth-order valence-electron chi connectivity index (χ4n) is 1.63. The Hall–Kier alpha value is -2.31. The van der Waals surface area contributed by atoms with E-state index < -0.39 is 5.97 Å². The summed E-state index contributed by atoms with van der Waals surface area (Å²) in [5, 5.41) is 11.8. The van der Waals surface area contributed by atoms with Crippen molar-refractivity contribution in [2.45, 2.75) is 13.8 Å². The summed E-state index contributed by atoms with van der Waals surface area (Å²) in [6, 6.07) is 1.31. The number of nitrogens with two attached hydrogens (primary N) is 1. The predicted molar refractivity (Wildman–Crippen MR) is 72.0 cm³/mol. The number of nitrogens with one attached hydrogen (secondary N) is 1. The Balaban J connectivity index is 2.78.